The number of aliphatic hydroxyl groups excluding tert-OH is 1. The van der Waals surface area contributed by atoms with E-state index in [1.165, 1.54) is 28.6 Å². The monoisotopic (exact) mass is 414 g/mol. The lowest BCUT2D eigenvalue weighted by Gasteiger charge is -2.26. The van der Waals surface area contributed by atoms with Crippen LogP contribution in [-0.4, -0.2) is 62.3 Å². The Hall–Kier alpha value is -1.68. The zero-order valence-corrected chi connectivity index (χ0v) is 17.2. The second-order valence-electron chi connectivity index (χ2n) is 7.45. The molecule has 1 aromatic carbocycles. The minimum absolute atomic E-state index is 0.0229. The lowest BCUT2D eigenvalue weighted by Crippen LogP contribution is -2.40. The summed E-state index contributed by atoms with van der Waals surface area (Å²) in [6.07, 6.45) is -0.383. The Bertz CT molecular complexity index is 729. The Kier molecular flexibility index (Phi) is 8.23. The van der Waals surface area contributed by atoms with Crippen LogP contribution in [0.2, 0.25) is 0 Å². The maximum atomic E-state index is 13.0. The molecule has 1 aliphatic heterocycles. The van der Waals surface area contributed by atoms with Gasteiger partial charge >= 0.3 is 5.97 Å². The highest BCUT2D eigenvalue weighted by atomic mass is 32.2. The van der Waals surface area contributed by atoms with Gasteiger partial charge in [0.25, 0.3) is 0 Å². The Morgan fingerprint density at radius 1 is 1.32 bits per heavy atom. The Balaban J connectivity index is 1.96. The molecule has 0 radical (unpaired) electrons. The number of carbonyl (C=O) groups is 1. The molecule has 0 saturated carbocycles. The van der Waals surface area contributed by atoms with Gasteiger partial charge in [-0.3, -0.25) is 4.79 Å². The van der Waals surface area contributed by atoms with E-state index in [4.69, 9.17) is 15.2 Å². The van der Waals surface area contributed by atoms with Gasteiger partial charge in [-0.1, -0.05) is 13.8 Å². The zero-order valence-electron chi connectivity index (χ0n) is 16.4. The van der Waals surface area contributed by atoms with Crippen LogP contribution in [0.3, 0.4) is 0 Å². The molecule has 1 aliphatic rings. The molecule has 8 nitrogen and oxygen atoms in total. The molecule has 2 rings (SSSR count). The van der Waals surface area contributed by atoms with Gasteiger partial charge in [0.05, 0.1) is 24.2 Å². The third-order valence-corrected chi connectivity index (χ3v) is 6.21. The van der Waals surface area contributed by atoms with E-state index in [0.717, 1.165) is 0 Å². The quantitative estimate of drug-likeness (QED) is 0.438. The number of aliphatic hydroxyl groups is 1. The van der Waals surface area contributed by atoms with Gasteiger partial charge in [-0.15, -0.1) is 0 Å². The van der Waals surface area contributed by atoms with Crippen molar-refractivity contribution < 1.29 is 27.8 Å². The number of esters is 1. The van der Waals surface area contributed by atoms with Crippen LogP contribution in [-0.2, 0) is 24.3 Å². The molecule has 0 unspecified atom stereocenters. The molecule has 2 atom stereocenters. The Labute approximate surface area is 166 Å². The molecule has 1 fully saturated rings. The van der Waals surface area contributed by atoms with E-state index in [-0.39, 0.29) is 42.8 Å². The summed E-state index contributed by atoms with van der Waals surface area (Å²) in [5, 5.41) is 10.3. The molecule has 0 aliphatic carbocycles. The van der Waals surface area contributed by atoms with Crippen molar-refractivity contribution in [2.24, 2.45) is 5.92 Å². The summed E-state index contributed by atoms with van der Waals surface area (Å²) >= 11 is 0. The van der Waals surface area contributed by atoms with E-state index in [1.807, 2.05) is 13.8 Å². The summed E-state index contributed by atoms with van der Waals surface area (Å²) in [4.78, 5) is 12.0. The van der Waals surface area contributed by atoms with Gasteiger partial charge in [0, 0.05) is 31.6 Å². The molecule has 0 spiro atoms. The predicted molar refractivity (Wildman–Crippen MR) is 105 cm³/mol. The van der Waals surface area contributed by atoms with Crippen LogP contribution in [0.15, 0.2) is 29.2 Å². The van der Waals surface area contributed by atoms with Crippen molar-refractivity contribution in [1.82, 2.24) is 4.31 Å². The molecule has 1 heterocycles. The number of hydrogen-bond acceptors (Lipinski definition) is 7. The van der Waals surface area contributed by atoms with Gasteiger partial charge in [0.2, 0.25) is 10.0 Å². The summed E-state index contributed by atoms with van der Waals surface area (Å²) in [7, 11) is -3.78. The first-order chi connectivity index (χ1) is 13.2. The first-order valence-electron chi connectivity index (χ1n) is 9.49. The van der Waals surface area contributed by atoms with Crippen LogP contribution in [0.5, 0.6) is 0 Å². The van der Waals surface area contributed by atoms with Crippen molar-refractivity contribution in [2.75, 3.05) is 32.0 Å². The maximum Gasteiger partial charge on any atom is 0.306 e. The van der Waals surface area contributed by atoms with E-state index in [0.29, 0.717) is 25.3 Å². The van der Waals surface area contributed by atoms with Crippen LogP contribution < -0.4 is 5.73 Å². The van der Waals surface area contributed by atoms with Crippen molar-refractivity contribution in [3.8, 4) is 0 Å². The highest BCUT2D eigenvalue weighted by Gasteiger charge is 2.28. The van der Waals surface area contributed by atoms with Crippen molar-refractivity contribution in [1.29, 1.82) is 0 Å². The number of nitrogens with two attached hydrogens (primary N) is 1. The molecule has 158 valence electrons. The lowest BCUT2D eigenvalue weighted by atomic mass is 10.2. The highest BCUT2D eigenvalue weighted by molar-refractivity contribution is 7.89. The number of rotatable bonds is 10. The van der Waals surface area contributed by atoms with Crippen LogP contribution in [0, 0.1) is 5.92 Å². The molecule has 1 aromatic rings. The molecule has 1 saturated heterocycles. The first-order valence-corrected chi connectivity index (χ1v) is 10.9. The summed E-state index contributed by atoms with van der Waals surface area (Å²) in [5.41, 5.74) is 6.11. The Morgan fingerprint density at radius 2 is 2.00 bits per heavy atom. The number of carbonyl (C=O) groups excluding carboxylic acids is 1. The molecule has 28 heavy (non-hydrogen) atoms. The third kappa shape index (κ3) is 6.73. The van der Waals surface area contributed by atoms with Crippen molar-refractivity contribution in [2.45, 2.75) is 50.2 Å². The summed E-state index contributed by atoms with van der Waals surface area (Å²) in [6, 6.07) is 5.95. The minimum Gasteiger partial charge on any atom is -0.460 e. The largest absolute Gasteiger partial charge is 0.460 e. The molecule has 3 N–H and O–H groups in total. The van der Waals surface area contributed by atoms with Crippen LogP contribution in [0.25, 0.3) is 0 Å². The topological polar surface area (TPSA) is 119 Å². The number of hydrogen-bond donors (Lipinski definition) is 2. The van der Waals surface area contributed by atoms with Gasteiger partial charge in [-0.25, -0.2) is 8.42 Å². The van der Waals surface area contributed by atoms with Gasteiger partial charge in [-0.2, -0.15) is 4.31 Å². The number of nitrogens with zero attached hydrogens (tertiary/aromatic N) is 1. The molecular formula is C19H30N2O6S. The number of ether oxygens (including phenoxy) is 2. The van der Waals surface area contributed by atoms with Gasteiger partial charge < -0.3 is 20.3 Å². The first kappa shape index (κ1) is 22.6. The smallest absolute Gasteiger partial charge is 0.306 e. The summed E-state index contributed by atoms with van der Waals surface area (Å²) < 4.78 is 37.6. The summed E-state index contributed by atoms with van der Waals surface area (Å²) in [6.45, 7) is 4.94. The fourth-order valence-electron chi connectivity index (χ4n) is 2.93. The highest BCUT2D eigenvalue weighted by Crippen LogP contribution is 2.20. The second-order valence-corrected chi connectivity index (χ2v) is 9.39. The zero-order chi connectivity index (χ0) is 20.7. The molecule has 0 amide bonds. The van der Waals surface area contributed by atoms with Crippen LogP contribution in [0.4, 0.5) is 5.69 Å². The maximum absolute atomic E-state index is 13.0. The fourth-order valence-corrected chi connectivity index (χ4v) is 4.57. The number of sulfonamides is 1. The minimum atomic E-state index is -3.78. The Morgan fingerprint density at radius 3 is 2.57 bits per heavy atom. The molecule has 0 aromatic heterocycles. The standard InChI is InChI=1S/C19H30N2O6S/c1-14(2)11-21(28(24,25)18-6-3-15(20)4-7-18)12-16(22)5-8-19(23)27-17-9-10-26-13-17/h3-4,6-7,14,16-17,22H,5,8-13,20H2,1-2H3/t16-,17-/m0/s1. The number of nitrogen functional groups attached to an aromatic ring is 1. The van der Waals surface area contributed by atoms with Gasteiger partial charge in [0.15, 0.2) is 0 Å². The average molecular weight is 415 g/mol. The average Bonchev–Trinajstić information content (AvgIpc) is 3.12. The van der Waals surface area contributed by atoms with E-state index in [2.05, 4.69) is 0 Å². The molecular weight excluding hydrogens is 384 g/mol. The van der Waals surface area contributed by atoms with E-state index < -0.39 is 22.1 Å². The van der Waals surface area contributed by atoms with E-state index >= 15 is 0 Å². The SMILES string of the molecule is CC(C)CN(C[C@@H](O)CCC(=O)O[C@H]1CCOC1)S(=O)(=O)c1ccc(N)cc1. The normalized spacial score (nSPS) is 18.5. The van der Waals surface area contributed by atoms with Crippen molar-refractivity contribution in [3.63, 3.8) is 0 Å². The van der Waals surface area contributed by atoms with E-state index in [1.54, 1.807) is 0 Å². The van der Waals surface area contributed by atoms with Gasteiger partial charge in [0.1, 0.15) is 6.10 Å². The predicted octanol–water partition coefficient (Wildman–Crippen LogP) is 1.39. The van der Waals surface area contributed by atoms with E-state index in [9.17, 15) is 18.3 Å². The van der Waals surface area contributed by atoms with Crippen molar-refractivity contribution in [3.05, 3.63) is 24.3 Å². The summed E-state index contributed by atoms with van der Waals surface area (Å²) in [5.74, 6) is -0.338. The second kappa shape index (κ2) is 10.2. The lowest BCUT2D eigenvalue weighted by molar-refractivity contribution is -0.149. The van der Waals surface area contributed by atoms with Crippen LogP contribution in [0.1, 0.15) is 33.1 Å². The van der Waals surface area contributed by atoms with Gasteiger partial charge in [-0.05, 0) is 36.6 Å². The molecule has 9 heteroatoms. The number of benzene rings is 1. The van der Waals surface area contributed by atoms with Crippen LogP contribution >= 0.6 is 0 Å². The third-order valence-electron chi connectivity index (χ3n) is 4.37. The fraction of sp³-hybridized carbons (Fsp3) is 0.632. The molecule has 0 bridgehead atoms. The van der Waals surface area contributed by atoms with Crippen molar-refractivity contribution >= 4 is 21.7 Å². The number of anilines is 1.